The number of rotatable bonds is 3. The van der Waals surface area contributed by atoms with E-state index in [1.165, 1.54) is 6.92 Å². The number of hydrogen-bond donors (Lipinski definition) is 3. The normalized spacial score (nSPS) is 13.3. The largest absolute Gasteiger partial charge is 0.478 e. The topological polar surface area (TPSA) is 77.8 Å². The minimum absolute atomic E-state index is 0.0260. The molecule has 3 N–H and O–H groups in total. The quantitative estimate of drug-likeness (QED) is 0.331. The van der Waals surface area contributed by atoms with Crippen LogP contribution in [-0.2, 0) is 4.79 Å². The van der Waals surface area contributed by atoms with Gasteiger partial charge in [-0.1, -0.05) is 17.7 Å². The maximum absolute atomic E-state index is 10.1. The first-order valence-electron chi connectivity index (χ1n) is 2.86. The van der Waals surface area contributed by atoms with Crippen LogP contribution >= 0.6 is 11.6 Å². The fourth-order valence-corrected chi connectivity index (χ4v) is 0.447. The molecule has 0 saturated heterocycles. The van der Waals surface area contributed by atoms with E-state index >= 15 is 0 Å². The molecule has 64 valence electrons. The van der Waals surface area contributed by atoms with Gasteiger partial charge in [0, 0.05) is 12.0 Å². The Hall–Kier alpha value is -0.580. The van der Waals surface area contributed by atoms with E-state index in [0.717, 1.165) is 6.08 Å². The zero-order chi connectivity index (χ0) is 9.07. The molecule has 0 aromatic carbocycles. The first-order valence-corrected chi connectivity index (χ1v) is 3.24. The summed E-state index contributed by atoms with van der Waals surface area (Å²) in [6.45, 7) is 1.34. The molecule has 0 amide bonds. The molecule has 0 aromatic rings. The lowest BCUT2D eigenvalue weighted by Gasteiger charge is -2.08. The van der Waals surface area contributed by atoms with Crippen LogP contribution in [0.1, 0.15) is 13.3 Å². The molecule has 5 heteroatoms. The Labute approximate surface area is 68.7 Å². The van der Waals surface area contributed by atoms with Gasteiger partial charge >= 0.3 is 5.97 Å². The highest BCUT2D eigenvalue weighted by atomic mass is 35.5. The van der Waals surface area contributed by atoms with Crippen molar-refractivity contribution >= 4 is 17.6 Å². The van der Waals surface area contributed by atoms with Crippen LogP contribution in [0, 0.1) is 0 Å². The highest BCUT2D eigenvalue weighted by Gasteiger charge is 2.16. The number of aliphatic hydroxyl groups is 2. The highest BCUT2D eigenvalue weighted by molar-refractivity contribution is 6.21. The summed E-state index contributed by atoms with van der Waals surface area (Å²) in [6, 6.07) is 0. The number of hydrogen-bond acceptors (Lipinski definition) is 3. The van der Waals surface area contributed by atoms with Gasteiger partial charge in [-0.3, -0.25) is 0 Å². The van der Waals surface area contributed by atoms with Gasteiger partial charge in [0.1, 0.15) is 0 Å². The molecule has 0 aliphatic rings. The van der Waals surface area contributed by atoms with E-state index in [-0.39, 0.29) is 12.0 Å². The van der Waals surface area contributed by atoms with Gasteiger partial charge < -0.3 is 15.3 Å². The molecule has 0 heterocycles. The number of halogens is 1. The molecule has 0 atom stereocenters. The first-order chi connectivity index (χ1) is 4.83. The molecular formula is C6H9ClO4. The van der Waals surface area contributed by atoms with Crippen LogP contribution in [0.2, 0.25) is 0 Å². The van der Waals surface area contributed by atoms with E-state index in [1.54, 1.807) is 0 Å². The third-order valence-electron chi connectivity index (χ3n) is 1.01. The molecule has 0 radical (unpaired) electrons. The summed E-state index contributed by atoms with van der Waals surface area (Å²) >= 11 is 4.96. The van der Waals surface area contributed by atoms with E-state index in [0.29, 0.717) is 0 Å². The lowest BCUT2D eigenvalue weighted by molar-refractivity contribution is -0.132. The molecule has 0 unspecified atom stereocenters. The minimum Gasteiger partial charge on any atom is -0.478 e. The minimum atomic E-state index is -2.35. The van der Waals surface area contributed by atoms with E-state index < -0.39 is 11.2 Å². The first kappa shape index (κ1) is 10.4. The standard InChI is InChI=1S/C6H9ClO4/c1-4(5(8)9)2-3-6(7,10)11/h2,10-11H,3H2,1H3,(H,8,9). The fourth-order valence-electron chi connectivity index (χ4n) is 0.370. The Balaban J connectivity index is 4.04. The van der Waals surface area contributed by atoms with Crippen molar-refractivity contribution in [1.82, 2.24) is 0 Å². The highest BCUT2D eigenvalue weighted by Crippen LogP contribution is 2.12. The monoisotopic (exact) mass is 180 g/mol. The van der Waals surface area contributed by atoms with Crippen molar-refractivity contribution in [1.29, 1.82) is 0 Å². The van der Waals surface area contributed by atoms with Gasteiger partial charge in [-0.2, -0.15) is 0 Å². The molecular weight excluding hydrogens is 172 g/mol. The summed E-state index contributed by atoms with van der Waals surface area (Å²) in [5, 5.41) is 23.0. The zero-order valence-electron chi connectivity index (χ0n) is 5.91. The number of carboxylic acids is 1. The van der Waals surface area contributed by atoms with Gasteiger partial charge in [0.25, 0.3) is 0 Å². The molecule has 0 fully saturated rings. The molecule has 0 aliphatic heterocycles. The lowest BCUT2D eigenvalue weighted by atomic mass is 10.2. The Bertz CT molecular complexity index is 180. The number of aliphatic carboxylic acids is 1. The van der Waals surface area contributed by atoms with Crippen LogP contribution < -0.4 is 0 Å². The molecule has 0 bridgehead atoms. The molecule has 0 spiro atoms. The summed E-state index contributed by atoms with van der Waals surface area (Å²) in [5.41, 5.74) is 0.0260. The van der Waals surface area contributed by atoms with Crippen molar-refractivity contribution in [3.63, 3.8) is 0 Å². The van der Waals surface area contributed by atoms with Crippen molar-refractivity contribution in [2.45, 2.75) is 18.6 Å². The summed E-state index contributed by atoms with van der Waals surface area (Å²) in [6.07, 6.45) is 0.821. The average molecular weight is 181 g/mol. The van der Waals surface area contributed by atoms with E-state index in [9.17, 15) is 4.79 Å². The van der Waals surface area contributed by atoms with Gasteiger partial charge in [-0.25, -0.2) is 4.79 Å². The van der Waals surface area contributed by atoms with Crippen LogP contribution in [0.3, 0.4) is 0 Å². The zero-order valence-corrected chi connectivity index (χ0v) is 6.67. The molecule has 0 saturated carbocycles. The Morgan fingerprint density at radius 2 is 2.09 bits per heavy atom. The van der Waals surface area contributed by atoms with Crippen LogP contribution in [-0.4, -0.2) is 26.5 Å². The second-order valence-electron chi connectivity index (χ2n) is 2.12. The van der Waals surface area contributed by atoms with Gasteiger partial charge in [-0.15, -0.1) is 0 Å². The predicted molar refractivity (Wildman–Crippen MR) is 39.0 cm³/mol. The Kier molecular flexibility index (Phi) is 3.51. The number of alkyl halides is 1. The van der Waals surface area contributed by atoms with Crippen molar-refractivity contribution in [2.24, 2.45) is 0 Å². The SMILES string of the molecule is CC(=CCC(O)(O)Cl)C(=O)O. The van der Waals surface area contributed by atoms with Gasteiger partial charge in [0.15, 0.2) is 0 Å². The summed E-state index contributed by atoms with van der Waals surface area (Å²) < 4.78 is 0. The van der Waals surface area contributed by atoms with Crippen LogP contribution in [0.4, 0.5) is 0 Å². The Morgan fingerprint density at radius 1 is 1.64 bits per heavy atom. The summed E-state index contributed by atoms with van der Waals surface area (Å²) in [4.78, 5) is 10.1. The second-order valence-corrected chi connectivity index (χ2v) is 2.72. The average Bonchev–Trinajstić information content (AvgIpc) is 1.80. The van der Waals surface area contributed by atoms with Crippen molar-refractivity contribution < 1.29 is 20.1 Å². The van der Waals surface area contributed by atoms with Crippen molar-refractivity contribution in [2.75, 3.05) is 0 Å². The van der Waals surface area contributed by atoms with E-state index in [2.05, 4.69) is 0 Å². The Morgan fingerprint density at radius 3 is 2.36 bits per heavy atom. The molecule has 0 aliphatic carbocycles. The van der Waals surface area contributed by atoms with Crippen molar-refractivity contribution in [3.05, 3.63) is 11.6 Å². The number of carbonyl (C=O) groups is 1. The van der Waals surface area contributed by atoms with Crippen LogP contribution in [0.15, 0.2) is 11.6 Å². The van der Waals surface area contributed by atoms with Crippen LogP contribution in [0.25, 0.3) is 0 Å². The van der Waals surface area contributed by atoms with Crippen LogP contribution in [0.5, 0.6) is 0 Å². The molecule has 4 nitrogen and oxygen atoms in total. The lowest BCUT2D eigenvalue weighted by Crippen LogP contribution is -2.18. The summed E-state index contributed by atoms with van der Waals surface area (Å²) in [5.74, 6) is -1.11. The number of carboxylic acid groups (broad SMARTS) is 1. The second kappa shape index (κ2) is 3.71. The smallest absolute Gasteiger partial charge is 0.330 e. The van der Waals surface area contributed by atoms with E-state index in [1.807, 2.05) is 0 Å². The van der Waals surface area contributed by atoms with Gasteiger partial charge in [-0.05, 0) is 6.92 Å². The fraction of sp³-hybridized carbons (Fsp3) is 0.500. The summed E-state index contributed by atoms with van der Waals surface area (Å²) in [7, 11) is 0. The third kappa shape index (κ3) is 5.84. The molecule has 11 heavy (non-hydrogen) atoms. The maximum Gasteiger partial charge on any atom is 0.330 e. The predicted octanol–water partition coefficient (Wildman–Crippen LogP) is 0.285. The van der Waals surface area contributed by atoms with Gasteiger partial charge in [0.05, 0.1) is 0 Å². The van der Waals surface area contributed by atoms with Crippen molar-refractivity contribution in [3.8, 4) is 0 Å². The third-order valence-corrected chi connectivity index (χ3v) is 1.16. The molecule has 0 aromatic heterocycles. The maximum atomic E-state index is 10.1. The van der Waals surface area contributed by atoms with E-state index in [4.69, 9.17) is 26.9 Å². The molecule has 0 rings (SSSR count). The van der Waals surface area contributed by atoms with Gasteiger partial charge in [0.2, 0.25) is 5.25 Å².